The number of furan rings is 1. The van der Waals surface area contributed by atoms with Crippen LogP contribution < -0.4 is 14.9 Å². The number of hydrogen-bond acceptors (Lipinski definition) is 6. The molecule has 0 unspecified atom stereocenters. The Morgan fingerprint density at radius 3 is 2.38 bits per heavy atom. The molecule has 0 saturated heterocycles. The number of aryl methyl sites for hydroxylation is 2. The van der Waals surface area contributed by atoms with Crippen LogP contribution in [0.5, 0.6) is 11.5 Å². The van der Waals surface area contributed by atoms with Crippen molar-refractivity contribution in [1.29, 1.82) is 5.26 Å². The molecule has 2 aromatic heterocycles. The zero-order chi connectivity index (χ0) is 26.4. The smallest absolute Gasteiger partial charge is 0.307 e. The fraction of sp³-hybridized carbons (Fsp3) is 0.148. The monoisotopic (exact) mass is 720 g/mol. The molecule has 0 fully saturated rings. The van der Waals surface area contributed by atoms with Gasteiger partial charge in [-0.15, -0.1) is 0 Å². The first-order chi connectivity index (χ1) is 17.9. The van der Waals surface area contributed by atoms with Crippen molar-refractivity contribution < 1.29 is 18.7 Å². The fourth-order valence-corrected chi connectivity index (χ4v) is 5.74. The molecule has 0 spiro atoms. The highest BCUT2D eigenvalue weighted by molar-refractivity contribution is 14.1. The third kappa shape index (κ3) is 6.72. The third-order valence-electron chi connectivity index (χ3n) is 5.31. The fourth-order valence-electron chi connectivity index (χ4n) is 3.62. The summed E-state index contributed by atoms with van der Waals surface area (Å²) in [4.78, 5) is 12.4. The summed E-state index contributed by atoms with van der Waals surface area (Å²) in [7, 11) is 0. The Bertz CT molecular complexity index is 1440. The number of carbonyl (C=O) groups excluding carboxylic acids is 1. The van der Waals surface area contributed by atoms with Gasteiger partial charge >= 0.3 is 5.91 Å². The quantitative estimate of drug-likeness (QED) is 0.127. The van der Waals surface area contributed by atoms with Crippen molar-refractivity contribution in [2.45, 2.75) is 20.5 Å². The van der Waals surface area contributed by atoms with E-state index < -0.39 is 5.91 Å². The van der Waals surface area contributed by atoms with Crippen LogP contribution in [0.25, 0.3) is 5.69 Å². The largest absolute Gasteiger partial charge is 0.486 e. The molecule has 4 rings (SSSR count). The Balaban J connectivity index is 1.31. The number of aromatic nitrogens is 1. The summed E-state index contributed by atoms with van der Waals surface area (Å²) in [5.74, 6) is 1.53. The average Bonchev–Trinajstić information content (AvgIpc) is 3.49. The minimum Gasteiger partial charge on any atom is -0.486 e. The van der Waals surface area contributed by atoms with Crippen molar-refractivity contribution in [2.24, 2.45) is 5.10 Å². The molecule has 0 bridgehead atoms. The first-order valence-electron chi connectivity index (χ1n) is 11.1. The molecule has 0 atom stereocenters. The van der Waals surface area contributed by atoms with Gasteiger partial charge in [-0.3, -0.25) is 4.79 Å². The molecule has 10 heteroatoms. The van der Waals surface area contributed by atoms with E-state index >= 15 is 0 Å². The predicted molar refractivity (Wildman–Crippen MR) is 156 cm³/mol. The van der Waals surface area contributed by atoms with Crippen LogP contribution in [0.1, 0.15) is 33.3 Å². The number of benzene rings is 2. The van der Waals surface area contributed by atoms with Crippen molar-refractivity contribution in [2.75, 3.05) is 6.61 Å². The molecule has 4 aromatic rings. The zero-order valence-corrected chi connectivity index (χ0v) is 24.3. The summed E-state index contributed by atoms with van der Waals surface area (Å²) in [6.07, 6.45) is 1.53. The maximum Gasteiger partial charge on any atom is 0.307 e. The number of amides is 1. The molecular weight excluding hydrogens is 698 g/mol. The summed E-state index contributed by atoms with van der Waals surface area (Å²) >= 11 is 4.26. The molecule has 0 saturated carbocycles. The number of nitrogens with zero attached hydrogens (tertiary/aromatic N) is 3. The Morgan fingerprint density at radius 2 is 1.73 bits per heavy atom. The van der Waals surface area contributed by atoms with E-state index in [1.807, 2.05) is 42.5 Å². The summed E-state index contributed by atoms with van der Waals surface area (Å²) < 4.78 is 20.7. The van der Waals surface area contributed by atoms with E-state index in [9.17, 15) is 4.79 Å². The molecular formula is C27H22I2N4O4. The Labute approximate surface area is 241 Å². The average molecular weight is 720 g/mol. The van der Waals surface area contributed by atoms with Crippen LogP contribution in [-0.4, -0.2) is 23.3 Å². The van der Waals surface area contributed by atoms with Gasteiger partial charge in [0.1, 0.15) is 29.9 Å². The lowest BCUT2D eigenvalue weighted by atomic mass is 10.2. The van der Waals surface area contributed by atoms with Gasteiger partial charge in [0.2, 0.25) is 0 Å². The van der Waals surface area contributed by atoms with Crippen LogP contribution >= 0.6 is 45.2 Å². The van der Waals surface area contributed by atoms with E-state index in [4.69, 9.17) is 19.2 Å². The van der Waals surface area contributed by atoms with E-state index in [1.54, 1.807) is 12.1 Å². The minimum atomic E-state index is -0.470. The van der Waals surface area contributed by atoms with Gasteiger partial charge in [-0.2, -0.15) is 10.4 Å². The molecule has 1 amide bonds. The van der Waals surface area contributed by atoms with E-state index in [0.29, 0.717) is 17.3 Å². The zero-order valence-electron chi connectivity index (χ0n) is 20.0. The molecule has 2 aromatic carbocycles. The van der Waals surface area contributed by atoms with Crippen LogP contribution in [0.3, 0.4) is 0 Å². The number of nitriles is 1. The van der Waals surface area contributed by atoms with E-state index in [-0.39, 0.29) is 19.0 Å². The van der Waals surface area contributed by atoms with Gasteiger partial charge in [0.15, 0.2) is 12.4 Å². The normalized spacial score (nSPS) is 10.9. The van der Waals surface area contributed by atoms with Gasteiger partial charge in [-0.05, 0) is 125 Å². The molecule has 0 aliphatic carbocycles. The van der Waals surface area contributed by atoms with Gasteiger partial charge in [0.05, 0.1) is 13.4 Å². The summed E-state index contributed by atoms with van der Waals surface area (Å²) in [6, 6.07) is 20.9. The highest BCUT2D eigenvalue weighted by Crippen LogP contribution is 2.28. The van der Waals surface area contributed by atoms with Crippen molar-refractivity contribution >= 4 is 57.3 Å². The first kappa shape index (κ1) is 26.7. The number of nitrogens with one attached hydrogen (secondary N) is 1. The Kier molecular flexibility index (Phi) is 8.88. The van der Waals surface area contributed by atoms with Gasteiger partial charge in [0.25, 0.3) is 0 Å². The molecule has 8 nitrogen and oxygen atoms in total. The van der Waals surface area contributed by atoms with Crippen LogP contribution in [-0.2, 0) is 6.61 Å². The third-order valence-corrected chi connectivity index (χ3v) is 6.92. The number of carbonyl (C=O) groups is 1. The summed E-state index contributed by atoms with van der Waals surface area (Å²) in [5, 5.41) is 12.7. The Hall–Kier alpha value is -3.31. The van der Waals surface area contributed by atoms with Gasteiger partial charge in [-0.1, -0.05) is 0 Å². The minimum absolute atomic E-state index is 0.0221. The topological polar surface area (TPSA) is 102 Å². The van der Waals surface area contributed by atoms with E-state index in [1.165, 1.54) is 17.6 Å². The first-order valence-corrected chi connectivity index (χ1v) is 13.3. The lowest BCUT2D eigenvalue weighted by molar-refractivity contribution is 0.0923. The van der Waals surface area contributed by atoms with Gasteiger partial charge in [-0.25, -0.2) is 5.43 Å². The second-order valence-electron chi connectivity index (χ2n) is 7.96. The van der Waals surface area contributed by atoms with Crippen LogP contribution in [0.15, 0.2) is 70.2 Å². The highest BCUT2D eigenvalue weighted by Gasteiger charge is 2.12. The number of ether oxygens (including phenoxy) is 2. The van der Waals surface area contributed by atoms with Gasteiger partial charge < -0.3 is 18.5 Å². The molecule has 37 heavy (non-hydrogen) atoms. The van der Waals surface area contributed by atoms with Crippen LogP contribution in [0.2, 0.25) is 0 Å². The van der Waals surface area contributed by atoms with E-state index in [2.05, 4.69) is 86.3 Å². The molecule has 2 heterocycles. The molecule has 188 valence electrons. The van der Waals surface area contributed by atoms with E-state index in [0.717, 1.165) is 18.4 Å². The number of halogens is 2. The maximum atomic E-state index is 12.4. The lowest BCUT2D eigenvalue weighted by Gasteiger charge is -2.10. The lowest BCUT2D eigenvalue weighted by Crippen LogP contribution is -2.16. The van der Waals surface area contributed by atoms with Crippen molar-refractivity contribution in [3.8, 4) is 23.3 Å². The standard InChI is InChI=1S/C27H22I2N4O4/c1-17-3-4-18(2)33(17)20-5-7-21(8-6-20)36-16-22-9-10-25(37-22)27(34)32-31-15-19-13-23(28)26(24(29)14-19)35-12-11-30/h3-10,13-15H,12,16H2,1-2H3,(H,32,34)/b31-15+. The van der Waals surface area contributed by atoms with Crippen LogP contribution in [0, 0.1) is 32.3 Å². The second-order valence-corrected chi connectivity index (χ2v) is 10.3. The number of hydrazone groups is 1. The van der Waals surface area contributed by atoms with Crippen molar-refractivity contribution in [3.05, 3.63) is 96.3 Å². The maximum absolute atomic E-state index is 12.4. The molecule has 0 aliphatic rings. The van der Waals surface area contributed by atoms with Crippen LogP contribution in [0.4, 0.5) is 0 Å². The van der Waals surface area contributed by atoms with Crippen molar-refractivity contribution in [3.63, 3.8) is 0 Å². The predicted octanol–water partition coefficient (Wildman–Crippen LogP) is 6.14. The summed E-state index contributed by atoms with van der Waals surface area (Å²) in [5.41, 5.74) is 6.65. The molecule has 1 N–H and O–H groups in total. The molecule has 0 radical (unpaired) electrons. The SMILES string of the molecule is Cc1ccc(C)n1-c1ccc(OCc2ccc(C(=O)N/N=C/c3cc(I)c(OCC#N)c(I)c3)o2)cc1. The second kappa shape index (κ2) is 12.3. The summed E-state index contributed by atoms with van der Waals surface area (Å²) in [6.45, 7) is 4.31. The van der Waals surface area contributed by atoms with Crippen molar-refractivity contribution in [1.82, 2.24) is 9.99 Å². The number of rotatable bonds is 9. The molecule has 0 aliphatic heterocycles. The number of hydrogen-bond donors (Lipinski definition) is 1. The highest BCUT2D eigenvalue weighted by atomic mass is 127. The van der Waals surface area contributed by atoms with Gasteiger partial charge in [0, 0.05) is 17.1 Å². The Morgan fingerprint density at radius 1 is 1.05 bits per heavy atom.